The fourth-order valence-corrected chi connectivity index (χ4v) is 3.18. The number of rotatable bonds is 0. The quantitative estimate of drug-likeness (QED) is 0.517. The molecule has 1 aliphatic rings. The molecular weight excluding hydrogens is 236 g/mol. The fraction of sp³-hybridized carbons (Fsp3) is 0. The van der Waals surface area contributed by atoms with Crippen molar-refractivity contribution in [2.45, 2.75) is 4.90 Å². The molecule has 1 aromatic carbocycles. The van der Waals surface area contributed by atoms with E-state index in [1.807, 2.05) is 0 Å². The topological polar surface area (TPSA) is 62.3 Å². The van der Waals surface area contributed by atoms with Crippen molar-refractivity contribution in [1.82, 2.24) is 0 Å². The van der Waals surface area contributed by atoms with Crippen molar-refractivity contribution in [3.05, 3.63) is 58.4 Å². The average Bonchev–Trinajstić information content (AvgIpc) is 2.53. The molecular formula is C12H6N2O2S. The molecule has 82 valence electrons. The van der Waals surface area contributed by atoms with Crippen molar-refractivity contribution >= 4 is 15.4 Å². The summed E-state index contributed by atoms with van der Waals surface area (Å²) in [6.45, 7) is 10.4. The van der Waals surface area contributed by atoms with Crippen LogP contribution in [0.4, 0.5) is 0 Å². The third-order valence-electron chi connectivity index (χ3n) is 2.50. The predicted molar refractivity (Wildman–Crippen MR) is 61.9 cm³/mol. The first-order valence-electron chi connectivity index (χ1n) is 4.59. The summed E-state index contributed by atoms with van der Waals surface area (Å²) in [5, 5.41) is 8.84. The largest absolute Gasteiger partial charge is 0.270 e. The summed E-state index contributed by atoms with van der Waals surface area (Å²) in [7, 11) is -3.65. The van der Waals surface area contributed by atoms with E-state index in [4.69, 9.17) is 11.8 Å². The van der Waals surface area contributed by atoms with E-state index in [9.17, 15) is 8.42 Å². The van der Waals surface area contributed by atoms with Crippen LogP contribution in [0.15, 0.2) is 46.3 Å². The molecule has 5 heteroatoms. The molecule has 0 aliphatic carbocycles. The third kappa shape index (κ3) is 1.37. The predicted octanol–water partition coefficient (Wildman–Crippen LogP) is 2.14. The minimum atomic E-state index is -3.65. The molecule has 0 aromatic heterocycles. The molecule has 2 rings (SSSR count). The van der Waals surface area contributed by atoms with E-state index >= 15 is 0 Å². The van der Waals surface area contributed by atoms with Crippen LogP contribution in [0, 0.1) is 17.9 Å². The summed E-state index contributed by atoms with van der Waals surface area (Å²) in [4.78, 5) is 2.98. The highest BCUT2D eigenvalue weighted by molar-refractivity contribution is 7.96. The highest BCUT2D eigenvalue weighted by Crippen LogP contribution is 2.43. The summed E-state index contributed by atoms with van der Waals surface area (Å²) in [6.07, 6.45) is 0. The second-order valence-corrected chi connectivity index (χ2v) is 5.31. The first kappa shape index (κ1) is 11.1. The molecule has 0 atom stereocenters. The van der Waals surface area contributed by atoms with E-state index in [-0.39, 0.29) is 21.1 Å². The van der Waals surface area contributed by atoms with Crippen LogP contribution in [0.25, 0.3) is 10.4 Å². The van der Waals surface area contributed by atoms with E-state index in [0.29, 0.717) is 5.56 Å². The van der Waals surface area contributed by atoms with Gasteiger partial charge in [0.05, 0.1) is 22.4 Å². The number of sulfone groups is 1. The number of hydrogen-bond donors (Lipinski definition) is 0. The summed E-state index contributed by atoms with van der Waals surface area (Å²) in [5.41, 5.74) is 0.256. The molecule has 0 N–H and O–H groups in total. The van der Waals surface area contributed by atoms with Crippen molar-refractivity contribution in [2.75, 3.05) is 0 Å². The van der Waals surface area contributed by atoms with E-state index in [2.05, 4.69) is 11.4 Å². The lowest BCUT2D eigenvalue weighted by Gasteiger charge is -1.98. The van der Waals surface area contributed by atoms with Gasteiger partial charge in [-0.25, -0.2) is 18.5 Å². The lowest BCUT2D eigenvalue weighted by atomic mass is 10.0. The first-order chi connectivity index (χ1) is 8.04. The van der Waals surface area contributed by atoms with Gasteiger partial charge in [-0.05, 0) is 11.6 Å². The zero-order valence-corrected chi connectivity index (χ0v) is 9.45. The molecule has 1 heterocycles. The molecule has 0 fully saturated rings. The first-order valence-corrected chi connectivity index (χ1v) is 6.08. The SMILES string of the molecule is [C-]#[N+]/C(C#N)=C1/C(=C)S(=O)(=O)c2ccccc21. The van der Waals surface area contributed by atoms with Gasteiger partial charge in [0.2, 0.25) is 9.84 Å². The van der Waals surface area contributed by atoms with Gasteiger partial charge < -0.3 is 0 Å². The average molecular weight is 242 g/mol. The molecule has 0 unspecified atom stereocenters. The van der Waals surface area contributed by atoms with Gasteiger partial charge in [0.1, 0.15) is 0 Å². The highest BCUT2D eigenvalue weighted by atomic mass is 32.2. The van der Waals surface area contributed by atoms with E-state index in [1.54, 1.807) is 24.3 Å². The molecule has 1 aliphatic heterocycles. The number of fused-ring (bicyclic) bond motifs is 1. The maximum absolute atomic E-state index is 12.0. The van der Waals surface area contributed by atoms with Crippen molar-refractivity contribution < 1.29 is 8.42 Å². The maximum Gasteiger partial charge on any atom is 0.270 e. The molecule has 0 saturated heterocycles. The Kier molecular flexibility index (Phi) is 2.35. The second kappa shape index (κ2) is 3.58. The lowest BCUT2D eigenvalue weighted by Crippen LogP contribution is -1.96. The van der Waals surface area contributed by atoms with Gasteiger partial charge in [-0.15, -0.1) is 0 Å². The molecule has 0 amide bonds. The van der Waals surface area contributed by atoms with Gasteiger partial charge >= 0.3 is 0 Å². The highest BCUT2D eigenvalue weighted by Gasteiger charge is 2.36. The fourth-order valence-electron chi connectivity index (χ4n) is 1.72. The monoisotopic (exact) mass is 242 g/mol. The molecule has 0 spiro atoms. The minimum Gasteiger partial charge on any atom is -0.226 e. The number of nitriles is 1. The Morgan fingerprint density at radius 1 is 1.41 bits per heavy atom. The number of benzene rings is 1. The maximum atomic E-state index is 12.0. The summed E-state index contributed by atoms with van der Waals surface area (Å²) >= 11 is 0. The Morgan fingerprint density at radius 2 is 2.06 bits per heavy atom. The summed E-state index contributed by atoms with van der Waals surface area (Å²) < 4.78 is 24.0. The van der Waals surface area contributed by atoms with Crippen LogP contribution in [0.3, 0.4) is 0 Å². The van der Waals surface area contributed by atoms with Gasteiger partial charge in [0, 0.05) is 5.57 Å². The Hall–Kier alpha value is -2.37. The molecule has 0 radical (unpaired) electrons. The van der Waals surface area contributed by atoms with Crippen LogP contribution >= 0.6 is 0 Å². The third-order valence-corrected chi connectivity index (χ3v) is 4.29. The van der Waals surface area contributed by atoms with Crippen molar-refractivity contribution in [2.24, 2.45) is 0 Å². The van der Waals surface area contributed by atoms with Crippen LogP contribution in [-0.4, -0.2) is 8.42 Å². The van der Waals surface area contributed by atoms with Gasteiger partial charge in [-0.1, -0.05) is 24.8 Å². The smallest absolute Gasteiger partial charge is 0.226 e. The summed E-state index contributed by atoms with van der Waals surface area (Å²) in [5.74, 6) is 0. The van der Waals surface area contributed by atoms with Crippen LogP contribution in [0.2, 0.25) is 0 Å². The van der Waals surface area contributed by atoms with Crippen LogP contribution in [0.1, 0.15) is 5.56 Å². The number of allylic oxidation sites excluding steroid dienone is 2. The molecule has 4 nitrogen and oxygen atoms in total. The number of nitrogens with zero attached hydrogens (tertiary/aromatic N) is 2. The second-order valence-electron chi connectivity index (χ2n) is 3.37. The molecule has 1 aromatic rings. The van der Waals surface area contributed by atoms with Gasteiger partial charge in [0.25, 0.3) is 5.70 Å². The van der Waals surface area contributed by atoms with Crippen molar-refractivity contribution in [3.63, 3.8) is 0 Å². The normalized spacial score (nSPS) is 19.1. The molecule has 17 heavy (non-hydrogen) atoms. The van der Waals surface area contributed by atoms with Gasteiger partial charge in [-0.2, -0.15) is 0 Å². The Labute approximate surface area is 98.9 Å². The van der Waals surface area contributed by atoms with Crippen molar-refractivity contribution in [1.29, 1.82) is 5.26 Å². The van der Waals surface area contributed by atoms with E-state index < -0.39 is 9.84 Å². The van der Waals surface area contributed by atoms with Crippen molar-refractivity contribution in [3.8, 4) is 6.07 Å². The Morgan fingerprint density at radius 3 is 2.65 bits per heavy atom. The van der Waals surface area contributed by atoms with Crippen LogP contribution in [0.5, 0.6) is 0 Å². The molecule has 0 saturated carbocycles. The van der Waals surface area contributed by atoms with Gasteiger partial charge in [0.15, 0.2) is 0 Å². The summed E-state index contributed by atoms with van der Waals surface area (Å²) in [6, 6.07) is 7.97. The lowest BCUT2D eigenvalue weighted by molar-refractivity contribution is 0.604. The van der Waals surface area contributed by atoms with E-state index in [0.717, 1.165) is 0 Å². The number of hydrogen-bond acceptors (Lipinski definition) is 3. The molecule has 0 bridgehead atoms. The zero-order chi connectivity index (χ0) is 12.6. The minimum absolute atomic E-state index is 0.108. The van der Waals surface area contributed by atoms with Gasteiger partial charge in [-0.3, -0.25) is 0 Å². The van der Waals surface area contributed by atoms with E-state index in [1.165, 1.54) is 6.07 Å². The Balaban J connectivity index is 2.96. The standard InChI is InChI=1S/C12H6N2O2S/c1-8-12(10(7-13)14-2)9-5-3-4-6-11(9)17(8,15)16/h3-6H,1H2/b12-10-. The van der Waals surface area contributed by atoms with Crippen LogP contribution < -0.4 is 0 Å². The Bertz CT molecular complexity index is 727. The zero-order valence-electron chi connectivity index (χ0n) is 8.64. The van der Waals surface area contributed by atoms with Crippen LogP contribution in [-0.2, 0) is 9.84 Å².